The Hall–Kier alpha value is -3.78. The largest absolute Gasteiger partial charge is 0.507 e. The first-order valence-electron chi connectivity index (χ1n) is 9.94. The van der Waals surface area contributed by atoms with Crippen molar-refractivity contribution in [2.75, 3.05) is 18.2 Å². The van der Waals surface area contributed by atoms with Gasteiger partial charge in [0.1, 0.15) is 11.5 Å². The number of hydrogen-bond donors (Lipinski definition) is 2. The molecule has 3 aromatic carbocycles. The third-order valence-corrected chi connectivity index (χ3v) is 5.78. The number of amides is 1. The standard InChI is InChI=1S/C24H22N4O3S/c1-16-9-3-5-11-18(16)25-22(30)15-32-24-27-26-23(17-10-4-7-13-20(17)29)28(24)19-12-6-8-14-21(19)31-2/h3-14,29H,15H2,1-2H3,(H,25,30). The van der Waals surface area contributed by atoms with Crippen molar-refractivity contribution in [3.05, 3.63) is 78.4 Å². The molecule has 4 rings (SSSR count). The van der Waals surface area contributed by atoms with Gasteiger partial charge in [0, 0.05) is 5.69 Å². The van der Waals surface area contributed by atoms with Gasteiger partial charge in [-0.2, -0.15) is 0 Å². The highest BCUT2D eigenvalue weighted by atomic mass is 32.2. The van der Waals surface area contributed by atoms with E-state index in [-0.39, 0.29) is 17.4 Å². The fourth-order valence-electron chi connectivity index (χ4n) is 3.26. The molecule has 0 unspecified atom stereocenters. The Morgan fingerprint density at radius 3 is 2.53 bits per heavy atom. The van der Waals surface area contributed by atoms with Crippen LogP contribution in [0.5, 0.6) is 11.5 Å². The van der Waals surface area contributed by atoms with Gasteiger partial charge >= 0.3 is 0 Å². The topological polar surface area (TPSA) is 89.3 Å². The number of thioether (sulfide) groups is 1. The Labute approximate surface area is 190 Å². The second-order valence-corrected chi connectivity index (χ2v) is 7.92. The number of aryl methyl sites for hydroxylation is 1. The second kappa shape index (κ2) is 9.57. The van der Waals surface area contributed by atoms with Crippen LogP contribution in [0.2, 0.25) is 0 Å². The lowest BCUT2D eigenvalue weighted by Gasteiger charge is -2.14. The number of ether oxygens (including phenoxy) is 1. The number of carbonyl (C=O) groups excluding carboxylic acids is 1. The van der Waals surface area contributed by atoms with Gasteiger partial charge in [0.25, 0.3) is 0 Å². The molecule has 0 saturated carbocycles. The van der Waals surface area contributed by atoms with Crippen molar-refractivity contribution in [3.8, 4) is 28.6 Å². The van der Waals surface area contributed by atoms with Gasteiger partial charge in [-0.3, -0.25) is 9.36 Å². The lowest BCUT2D eigenvalue weighted by molar-refractivity contribution is -0.113. The van der Waals surface area contributed by atoms with Crippen molar-refractivity contribution < 1.29 is 14.6 Å². The third kappa shape index (κ3) is 4.45. The van der Waals surface area contributed by atoms with Gasteiger partial charge in [0.2, 0.25) is 5.91 Å². The Balaban J connectivity index is 1.67. The van der Waals surface area contributed by atoms with Crippen LogP contribution in [0, 0.1) is 6.92 Å². The van der Waals surface area contributed by atoms with E-state index in [1.54, 1.807) is 29.9 Å². The predicted octanol–water partition coefficient (Wildman–Crippen LogP) is 4.69. The number of anilines is 1. The molecule has 2 N–H and O–H groups in total. The minimum absolute atomic E-state index is 0.0879. The average Bonchev–Trinajstić information content (AvgIpc) is 3.23. The molecule has 0 aliphatic heterocycles. The minimum atomic E-state index is -0.150. The number of methoxy groups -OCH3 is 1. The zero-order chi connectivity index (χ0) is 22.5. The Morgan fingerprint density at radius 1 is 1.03 bits per heavy atom. The SMILES string of the molecule is COc1ccccc1-n1c(SCC(=O)Nc2ccccc2C)nnc1-c1ccccc1O. The summed E-state index contributed by atoms with van der Waals surface area (Å²) in [6.07, 6.45) is 0. The van der Waals surface area contributed by atoms with Crippen molar-refractivity contribution in [1.82, 2.24) is 14.8 Å². The molecular weight excluding hydrogens is 424 g/mol. The van der Waals surface area contributed by atoms with E-state index in [0.29, 0.717) is 28.0 Å². The highest BCUT2D eigenvalue weighted by Gasteiger charge is 2.21. The number of para-hydroxylation sites is 4. The summed E-state index contributed by atoms with van der Waals surface area (Å²) in [7, 11) is 1.59. The van der Waals surface area contributed by atoms with Gasteiger partial charge in [-0.1, -0.05) is 54.2 Å². The third-order valence-electron chi connectivity index (χ3n) is 4.86. The molecule has 0 spiro atoms. The van der Waals surface area contributed by atoms with Crippen LogP contribution >= 0.6 is 11.8 Å². The Morgan fingerprint density at radius 2 is 1.75 bits per heavy atom. The van der Waals surface area contributed by atoms with Crippen molar-refractivity contribution in [2.45, 2.75) is 12.1 Å². The molecule has 1 aromatic heterocycles. The van der Waals surface area contributed by atoms with E-state index in [1.165, 1.54) is 11.8 Å². The summed E-state index contributed by atoms with van der Waals surface area (Å²) in [5.74, 6) is 1.15. The summed E-state index contributed by atoms with van der Waals surface area (Å²) in [6, 6.07) is 22.0. The summed E-state index contributed by atoms with van der Waals surface area (Å²) in [5.41, 5.74) is 3.01. The first-order valence-corrected chi connectivity index (χ1v) is 10.9. The molecule has 1 heterocycles. The Kier molecular flexibility index (Phi) is 6.42. The van der Waals surface area contributed by atoms with Crippen molar-refractivity contribution in [2.24, 2.45) is 0 Å². The van der Waals surface area contributed by atoms with Gasteiger partial charge < -0.3 is 15.2 Å². The number of phenolic OH excluding ortho intramolecular Hbond substituents is 1. The fourth-order valence-corrected chi connectivity index (χ4v) is 4.01. The molecular formula is C24H22N4O3S. The van der Waals surface area contributed by atoms with Crippen LogP contribution in [0.4, 0.5) is 5.69 Å². The lowest BCUT2D eigenvalue weighted by Crippen LogP contribution is -2.15. The number of benzene rings is 3. The zero-order valence-electron chi connectivity index (χ0n) is 17.6. The van der Waals surface area contributed by atoms with E-state index < -0.39 is 0 Å². The van der Waals surface area contributed by atoms with Crippen LogP contribution < -0.4 is 10.1 Å². The van der Waals surface area contributed by atoms with E-state index in [9.17, 15) is 9.90 Å². The smallest absolute Gasteiger partial charge is 0.234 e. The van der Waals surface area contributed by atoms with E-state index in [1.807, 2.05) is 61.5 Å². The maximum Gasteiger partial charge on any atom is 0.234 e. The number of phenols is 1. The highest BCUT2D eigenvalue weighted by molar-refractivity contribution is 7.99. The molecule has 4 aromatic rings. The number of aromatic hydroxyl groups is 1. The number of hydrogen-bond acceptors (Lipinski definition) is 6. The average molecular weight is 447 g/mol. The van der Waals surface area contributed by atoms with Crippen molar-refractivity contribution in [3.63, 3.8) is 0 Å². The molecule has 1 amide bonds. The summed E-state index contributed by atoms with van der Waals surface area (Å²) in [6.45, 7) is 1.94. The molecule has 0 fully saturated rings. The van der Waals surface area contributed by atoms with E-state index in [2.05, 4.69) is 15.5 Å². The minimum Gasteiger partial charge on any atom is -0.507 e. The van der Waals surface area contributed by atoms with E-state index >= 15 is 0 Å². The molecule has 0 bridgehead atoms. The van der Waals surface area contributed by atoms with Gasteiger partial charge in [0.15, 0.2) is 11.0 Å². The van der Waals surface area contributed by atoms with Crippen LogP contribution in [-0.4, -0.2) is 38.6 Å². The predicted molar refractivity (Wildman–Crippen MR) is 126 cm³/mol. The first-order chi connectivity index (χ1) is 15.6. The van der Waals surface area contributed by atoms with Crippen molar-refractivity contribution in [1.29, 1.82) is 0 Å². The summed E-state index contributed by atoms with van der Waals surface area (Å²) in [4.78, 5) is 12.6. The lowest BCUT2D eigenvalue weighted by atomic mass is 10.2. The maximum atomic E-state index is 12.6. The zero-order valence-corrected chi connectivity index (χ0v) is 18.5. The molecule has 0 atom stereocenters. The number of carbonyl (C=O) groups is 1. The molecule has 162 valence electrons. The van der Waals surface area contributed by atoms with Gasteiger partial charge in [-0.25, -0.2) is 0 Å². The molecule has 0 aliphatic rings. The molecule has 7 nitrogen and oxygen atoms in total. The quantitative estimate of drug-likeness (QED) is 0.401. The normalized spacial score (nSPS) is 10.7. The number of nitrogens with zero attached hydrogens (tertiary/aromatic N) is 3. The maximum absolute atomic E-state index is 12.6. The molecule has 0 saturated heterocycles. The Bertz CT molecular complexity index is 1260. The summed E-state index contributed by atoms with van der Waals surface area (Å²) < 4.78 is 7.33. The fraction of sp³-hybridized carbons (Fsp3) is 0.125. The molecule has 32 heavy (non-hydrogen) atoms. The van der Waals surface area contributed by atoms with Gasteiger partial charge in [0.05, 0.1) is 24.1 Å². The van der Waals surface area contributed by atoms with Crippen LogP contribution in [0.1, 0.15) is 5.56 Å². The van der Waals surface area contributed by atoms with E-state index in [4.69, 9.17) is 4.74 Å². The van der Waals surface area contributed by atoms with Crippen LogP contribution in [0.25, 0.3) is 17.1 Å². The van der Waals surface area contributed by atoms with Crippen LogP contribution in [0.3, 0.4) is 0 Å². The first kappa shape index (κ1) is 21.5. The number of aromatic nitrogens is 3. The molecule has 0 aliphatic carbocycles. The van der Waals surface area contributed by atoms with Crippen LogP contribution in [-0.2, 0) is 4.79 Å². The molecule has 8 heteroatoms. The highest BCUT2D eigenvalue weighted by Crippen LogP contribution is 2.35. The van der Waals surface area contributed by atoms with Crippen molar-refractivity contribution >= 4 is 23.4 Å². The van der Waals surface area contributed by atoms with Crippen LogP contribution in [0.15, 0.2) is 78.0 Å². The van der Waals surface area contributed by atoms with Gasteiger partial charge in [-0.15, -0.1) is 10.2 Å². The second-order valence-electron chi connectivity index (χ2n) is 6.98. The monoisotopic (exact) mass is 446 g/mol. The molecule has 0 radical (unpaired) electrons. The number of nitrogens with one attached hydrogen (secondary N) is 1. The number of rotatable bonds is 7. The summed E-state index contributed by atoms with van der Waals surface area (Å²) >= 11 is 1.26. The summed E-state index contributed by atoms with van der Waals surface area (Å²) in [5, 5.41) is 22.5. The van der Waals surface area contributed by atoms with Gasteiger partial charge in [-0.05, 0) is 42.8 Å². The van der Waals surface area contributed by atoms with E-state index in [0.717, 1.165) is 11.3 Å².